The quantitative estimate of drug-likeness (QED) is 0.379. The van der Waals surface area contributed by atoms with Crippen molar-refractivity contribution >= 4 is 11.9 Å². The lowest BCUT2D eigenvalue weighted by Crippen LogP contribution is -2.42. The molecule has 0 aliphatic carbocycles. The fourth-order valence-electron chi connectivity index (χ4n) is 0.623. The van der Waals surface area contributed by atoms with Crippen molar-refractivity contribution in [1.82, 2.24) is 10.6 Å². The molecular weight excluding hydrogens is 156 g/mol. The molecule has 0 atom stereocenters. The van der Waals surface area contributed by atoms with E-state index < -0.39 is 0 Å². The Balaban J connectivity index is 3.58. The number of guanidine groups is 1. The van der Waals surface area contributed by atoms with E-state index in [9.17, 15) is 4.79 Å². The van der Waals surface area contributed by atoms with Crippen LogP contribution in [0.5, 0.6) is 0 Å². The van der Waals surface area contributed by atoms with Crippen molar-refractivity contribution in [2.75, 3.05) is 13.6 Å². The number of carbonyl (C=O) groups excluding carboxylic acids is 1. The highest BCUT2D eigenvalue weighted by atomic mass is 16.1. The van der Waals surface area contributed by atoms with Gasteiger partial charge in [0.2, 0.25) is 5.91 Å². The molecule has 0 heterocycles. The second-order valence-electron chi connectivity index (χ2n) is 2.68. The topological polar surface area (TPSA) is 79.5 Å². The lowest BCUT2D eigenvalue weighted by molar-refractivity contribution is -0.120. The summed E-state index contributed by atoms with van der Waals surface area (Å²) in [7, 11) is 1.56. The molecule has 0 radical (unpaired) electrons. The maximum atomic E-state index is 11.0. The Morgan fingerprint density at radius 1 is 1.58 bits per heavy atom. The van der Waals surface area contributed by atoms with E-state index in [0.717, 1.165) is 0 Å². The first-order chi connectivity index (χ1) is 5.56. The minimum atomic E-state index is -0.0865. The molecule has 0 fully saturated rings. The molecule has 0 unspecified atom stereocenters. The van der Waals surface area contributed by atoms with Crippen molar-refractivity contribution in [1.29, 1.82) is 0 Å². The number of aliphatic imine (C=N–C) groups is 1. The van der Waals surface area contributed by atoms with Gasteiger partial charge in [-0.25, -0.2) is 0 Å². The average Bonchev–Trinajstić information content (AvgIpc) is 1.99. The van der Waals surface area contributed by atoms with Gasteiger partial charge in [0.25, 0.3) is 0 Å². The van der Waals surface area contributed by atoms with Gasteiger partial charge in [0.15, 0.2) is 5.96 Å². The molecule has 70 valence electrons. The van der Waals surface area contributed by atoms with Crippen LogP contribution < -0.4 is 16.4 Å². The zero-order chi connectivity index (χ0) is 9.56. The van der Waals surface area contributed by atoms with Crippen LogP contribution in [0.15, 0.2) is 4.99 Å². The van der Waals surface area contributed by atoms with Crippen molar-refractivity contribution < 1.29 is 4.79 Å². The van der Waals surface area contributed by atoms with Gasteiger partial charge in [-0.15, -0.1) is 0 Å². The van der Waals surface area contributed by atoms with Crippen LogP contribution in [0.4, 0.5) is 0 Å². The summed E-state index contributed by atoms with van der Waals surface area (Å²) in [5.74, 6) is 0.186. The van der Waals surface area contributed by atoms with E-state index in [-0.39, 0.29) is 24.5 Å². The summed E-state index contributed by atoms with van der Waals surface area (Å²) in [5.41, 5.74) is 5.31. The van der Waals surface area contributed by atoms with Crippen molar-refractivity contribution in [3.63, 3.8) is 0 Å². The van der Waals surface area contributed by atoms with E-state index in [4.69, 9.17) is 5.73 Å². The molecule has 0 aromatic heterocycles. The molecule has 0 aromatic carbocycles. The Bertz CT molecular complexity index is 176. The van der Waals surface area contributed by atoms with E-state index in [2.05, 4.69) is 15.6 Å². The average molecular weight is 172 g/mol. The highest BCUT2D eigenvalue weighted by molar-refractivity contribution is 5.85. The Kier molecular flexibility index (Phi) is 4.83. The maximum absolute atomic E-state index is 11.0. The zero-order valence-corrected chi connectivity index (χ0v) is 7.72. The number of amides is 1. The third kappa shape index (κ3) is 5.52. The van der Waals surface area contributed by atoms with Crippen molar-refractivity contribution in [2.45, 2.75) is 19.9 Å². The number of carbonyl (C=O) groups is 1. The van der Waals surface area contributed by atoms with Crippen LogP contribution >= 0.6 is 0 Å². The first-order valence-corrected chi connectivity index (χ1v) is 3.81. The van der Waals surface area contributed by atoms with Crippen molar-refractivity contribution in [3.05, 3.63) is 0 Å². The highest BCUT2D eigenvalue weighted by Gasteiger charge is 2.01. The van der Waals surface area contributed by atoms with Crippen LogP contribution in [-0.4, -0.2) is 31.5 Å². The summed E-state index contributed by atoms with van der Waals surface area (Å²) in [6.07, 6.45) is 0. The number of hydrogen-bond acceptors (Lipinski definition) is 2. The standard InChI is InChI=1S/C7H16N4O/c1-5(2)11-6(12)4-10-7(8)9-3/h5H,4H2,1-3H3,(H,11,12)(H3,8,9,10). The van der Waals surface area contributed by atoms with Crippen LogP contribution in [0.1, 0.15) is 13.8 Å². The summed E-state index contributed by atoms with van der Waals surface area (Å²) in [6, 6.07) is 0.152. The fraction of sp³-hybridized carbons (Fsp3) is 0.714. The van der Waals surface area contributed by atoms with E-state index in [0.29, 0.717) is 0 Å². The Morgan fingerprint density at radius 2 is 2.17 bits per heavy atom. The fourth-order valence-corrected chi connectivity index (χ4v) is 0.623. The van der Waals surface area contributed by atoms with Gasteiger partial charge in [-0.1, -0.05) is 0 Å². The summed E-state index contributed by atoms with van der Waals surface area (Å²) >= 11 is 0. The van der Waals surface area contributed by atoms with Crippen molar-refractivity contribution in [2.24, 2.45) is 10.7 Å². The van der Waals surface area contributed by atoms with Crippen LogP contribution in [0.25, 0.3) is 0 Å². The molecule has 0 rings (SSSR count). The van der Waals surface area contributed by atoms with Gasteiger partial charge in [0.1, 0.15) is 0 Å². The first kappa shape index (κ1) is 10.7. The number of nitrogens with zero attached hydrogens (tertiary/aromatic N) is 1. The minimum Gasteiger partial charge on any atom is -0.370 e. The Hall–Kier alpha value is -1.26. The molecule has 12 heavy (non-hydrogen) atoms. The van der Waals surface area contributed by atoms with Gasteiger partial charge in [-0.05, 0) is 13.8 Å². The highest BCUT2D eigenvalue weighted by Crippen LogP contribution is 1.75. The molecular formula is C7H16N4O. The van der Waals surface area contributed by atoms with Gasteiger partial charge >= 0.3 is 0 Å². The van der Waals surface area contributed by atoms with Crippen LogP contribution in [-0.2, 0) is 4.79 Å². The largest absolute Gasteiger partial charge is 0.370 e. The summed E-state index contributed by atoms with van der Waals surface area (Å²) < 4.78 is 0. The van der Waals surface area contributed by atoms with E-state index in [1.165, 1.54) is 0 Å². The van der Waals surface area contributed by atoms with Crippen LogP contribution in [0.3, 0.4) is 0 Å². The monoisotopic (exact) mass is 172 g/mol. The minimum absolute atomic E-state index is 0.0865. The first-order valence-electron chi connectivity index (χ1n) is 3.81. The molecule has 0 bridgehead atoms. The predicted molar refractivity (Wildman–Crippen MR) is 48.8 cm³/mol. The maximum Gasteiger partial charge on any atom is 0.239 e. The number of hydrogen-bond donors (Lipinski definition) is 3. The molecule has 5 heteroatoms. The van der Waals surface area contributed by atoms with Gasteiger partial charge in [0.05, 0.1) is 6.54 Å². The summed E-state index contributed by atoms with van der Waals surface area (Å²) in [5, 5.41) is 5.36. The second kappa shape index (κ2) is 5.40. The van der Waals surface area contributed by atoms with Gasteiger partial charge in [0, 0.05) is 13.1 Å². The molecule has 0 aromatic rings. The van der Waals surface area contributed by atoms with Crippen LogP contribution in [0, 0.1) is 0 Å². The normalized spacial score (nSPS) is 11.5. The smallest absolute Gasteiger partial charge is 0.239 e. The third-order valence-corrected chi connectivity index (χ3v) is 1.12. The summed E-state index contributed by atoms with van der Waals surface area (Å²) in [4.78, 5) is 14.6. The molecule has 0 spiro atoms. The number of nitrogens with two attached hydrogens (primary N) is 1. The third-order valence-electron chi connectivity index (χ3n) is 1.12. The van der Waals surface area contributed by atoms with Crippen LogP contribution in [0.2, 0.25) is 0 Å². The van der Waals surface area contributed by atoms with E-state index in [1.807, 2.05) is 13.8 Å². The Morgan fingerprint density at radius 3 is 2.58 bits per heavy atom. The van der Waals surface area contributed by atoms with Gasteiger partial charge in [-0.3, -0.25) is 9.79 Å². The zero-order valence-electron chi connectivity index (χ0n) is 7.72. The second-order valence-corrected chi connectivity index (χ2v) is 2.68. The molecule has 5 nitrogen and oxygen atoms in total. The lowest BCUT2D eigenvalue weighted by atomic mass is 10.4. The SMILES string of the molecule is CN=C(N)NCC(=O)NC(C)C. The van der Waals surface area contributed by atoms with Gasteiger partial charge in [-0.2, -0.15) is 0 Å². The molecule has 0 aliphatic heterocycles. The number of nitrogens with one attached hydrogen (secondary N) is 2. The lowest BCUT2D eigenvalue weighted by Gasteiger charge is -2.08. The van der Waals surface area contributed by atoms with Crippen molar-refractivity contribution in [3.8, 4) is 0 Å². The molecule has 0 saturated heterocycles. The molecule has 4 N–H and O–H groups in total. The predicted octanol–water partition coefficient (Wildman–Crippen LogP) is -0.955. The molecule has 0 aliphatic rings. The van der Waals surface area contributed by atoms with E-state index in [1.54, 1.807) is 7.05 Å². The van der Waals surface area contributed by atoms with E-state index >= 15 is 0 Å². The Labute approximate surface area is 72.4 Å². The number of rotatable bonds is 3. The molecule has 0 saturated carbocycles. The molecule has 1 amide bonds. The van der Waals surface area contributed by atoms with Gasteiger partial charge < -0.3 is 16.4 Å². The summed E-state index contributed by atoms with van der Waals surface area (Å²) in [6.45, 7) is 3.96.